The third-order valence-electron chi connectivity index (χ3n) is 5.42. The van der Waals surface area contributed by atoms with E-state index in [4.69, 9.17) is 5.73 Å². The van der Waals surface area contributed by atoms with Gasteiger partial charge in [0.05, 0.1) is 0 Å². The molecule has 0 amide bonds. The van der Waals surface area contributed by atoms with E-state index in [1.165, 1.54) is 25.7 Å². The third kappa shape index (κ3) is 4.19. The standard InChI is InChI=1S/C17H36N2/c1-8-13-10-16(3,4)12-15(18)17(5,6)11-14(9-2)19(13)7/h13-15H,8-12,18H2,1-7H3. The van der Waals surface area contributed by atoms with Crippen molar-refractivity contribution in [2.75, 3.05) is 7.05 Å². The van der Waals surface area contributed by atoms with Crippen LogP contribution in [0.5, 0.6) is 0 Å². The van der Waals surface area contributed by atoms with Crippen molar-refractivity contribution >= 4 is 0 Å². The zero-order chi connectivity index (χ0) is 14.8. The fourth-order valence-electron chi connectivity index (χ4n) is 3.80. The van der Waals surface area contributed by atoms with Gasteiger partial charge in [-0.1, -0.05) is 41.5 Å². The second-order valence-corrected chi connectivity index (χ2v) is 8.16. The summed E-state index contributed by atoms with van der Waals surface area (Å²) in [5.41, 5.74) is 7.13. The predicted molar refractivity (Wildman–Crippen MR) is 85.3 cm³/mol. The van der Waals surface area contributed by atoms with Gasteiger partial charge in [-0.3, -0.25) is 0 Å². The van der Waals surface area contributed by atoms with E-state index in [-0.39, 0.29) is 5.41 Å². The second kappa shape index (κ2) is 6.13. The summed E-state index contributed by atoms with van der Waals surface area (Å²) in [6.07, 6.45) is 6.09. The molecular weight excluding hydrogens is 232 g/mol. The predicted octanol–water partition coefficient (Wildman–Crippen LogP) is 4.04. The molecule has 0 spiro atoms. The minimum absolute atomic E-state index is 0.231. The molecule has 2 nitrogen and oxygen atoms in total. The summed E-state index contributed by atoms with van der Waals surface area (Å²) in [5.74, 6) is 0. The Balaban J connectivity index is 3.06. The lowest BCUT2D eigenvalue weighted by Gasteiger charge is -2.39. The van der Waals surface area contributed by atoms with E-state index in [0.29, 0.717) is 23.5 Å². The van der Waals surface area contributed by atoms with Gasteiger partial charge in [0.15, 0.2) is 0 Å². The Bertz CT molecular complexity index is 283. The summed E-state index contributed by atoms with van der Waals surface area (Å²) in [4.78, 5) is 2.64. The molecule has 0 radical (unpaired) electrons. The topological polar surface area (TPSA) is 29.3 Å². The first-order chi connectivity index (χ1) is 8.63. The second-order valence-electron chi connectivity index (χ2n) is 8.16. The maximum Gasteiger partial charge on any atom is 0.00981 e. The van der Waals surface area contributed by atoms with Gasteiger partial charge in [0.25, 0.3) is 0 Å². The molecule has 19 heavy (non-hydrogen) atoms. The van der Waals surface area contributed by atoms with E-state index in [0.717, 1.165) is 6.42 Å². The number of nitrogens with two attached hydrogens (primary N) is 1. The molecule has 0 aromatic carbocycles. The Morgan fingerprint density at radius 1 is 0.947 bits per heavy atom. The summed E-state index contributed by atoms with van der Waals surface area (Å²) in [6.45, 7) is 14.1. The highest BCUT2D eigenvalue weighted by Crippen LogP contribution is 2.40. The SMILES string of the molecule is CCC1CC(C)(C)CC(N)C(C)(C)CC(CC)N1C. The Morgan fingerprint density at radius 2 is 1.42 bits per heavy atom. The van der Waals surface area contributed by atoms with Crippen LogP contribution in [-0.4, -0.2) is 30.1 Å². The van der Waals surface area contributed by atoms with Crippen LogP contribution in [0.15, 0.2) is 0 Å². The van der Waals surface area contributed by atoms with Crippen LogP contribution < -0.4 is 5.73 Å². The zero-order valence-corrected chi connectivity index (χ0v) is 14.3. The quantitative estimate of drug-likeness (QED) is 0.819. The van der Waals surface area contributed by atoms with Gasteiger partial charge < -0.3 is 10.6 Å². The van der Waals surface area contributed by atoms with Gasteiger partial charge in [0.2, 0.25) is 0 Å². The summed E-state index contributed by atoms with van der Waals surface area (Å²) in [6, 6.07) is 1.67. The van der Waals surface area contributed by atoms with E-state index in [1.54, 1.807) is 0 Å². The van der Waals surface area contributed by atoms with Gasteiger partial charge in [-0.05, 0) is 50.0 Å². The Kier molecular flexibility index (Phi) is 5.48. The monoisotopic (exact) mass is 268 g/mol. The highest BCUT2D eigenvalue weighted by Gasteiger charge is 2.38. The summed E-state index contributed by atoms with van der Waals surface area (Å²) in [5, 5.41) is 0. The molecule has 3 atom stereocenters. The van der Waals surface area contributed by atoms with Gasteiger partial charge in [-0.15, -0.1) is 0 Å². The van der Waals surface area contributed by atoms with Crippen LogP contribution in [0.25, 0.3) is 0 Å². The van der Waals surface area contributed by atoms with E-state index >= 15 is 0 Å². The lowest BCUT2D eigenvalue weighted by Crippen LogP contribution is -2.44. The Morgan fingerprint density at radius 3 is 1.89 bits per heavy atom. The number of nitrogens with zero attached hydrogens (tertiary/aromatic N) is 1. The summed E-state index contributed by atoms with van der Waals surface area (Å²) >= 11 is 0. The summed E-state index contributed by atoms with van der Waals surface area (Å²) in [7, 11) is 2.32. The van der Waals surface area contributed by atoms with Crippen molar-refractivity contribution < 1.29 is 0 Å². The molecule has 1 saturated heterocycles. The largest absolute Gasteiger partial charge is 0.327 e. The highest BCUT2D eigenvalue weighted by molar-refractivity contribution is 4.94. The van der Waals surface area contributed by atoms with Gasteiger partial charge in [-0.2, -0.15) is 0 Å². The molecule has 0 saturated carbocycles. The molecule has 3 unspecified atom stereocenters. The van der Waals surface area contributed by atoms with Gasteiger partial charge in [0.1, 0.15) is 0 Å². The van der Waals surface area contributed by atoms with E-state index < -0.39 is 0 Å². The number of hydrogen-bond donors (Lipinski definition) is 1. The molecule has 114 valence electrons. The van der Waals surface area contributed by atoms with Gasteiger partial charge in [0, 0.05) is 18.1 Å². The zero-order valence-electron chi connectivity index (χ0n) is 14.3. The van der Waals surface area contributed by atoms with Crippen LogP contribution in [0.3, 0.4) is 0 Å². The molecule has 1 fully saturated rings. The molecule has 2 heteroatoms. The average Bonchev–Trinajstić information content (AvgIpc) is 2.32. The van der Waals surface area contributed by atoms with Gasteiger partial charge >= 0.3 is 0 Å². The first-order valence-corrected chi connectivity index (χ1v) is 8.10. The van der Waals surface area contributed by atoms with Crippen LogP contribution >= 0.6 is 0 Å². The lowest BCUT2D eigenvalue weighted by atomic mass is 9.71. The van der Waals surface area contributed by atoms with Crippen molar-refractivity contribution in [1.82, 2.24) is 4.90 Å². The average molecular weight is 268 g/mol. The molecule has 2 N–H and O–H groups in total. The first kappa shape index (κ1) is 17.0. The maximum absolute atomic E-state index is 6.56. The minimum atomic E-state index is 0.231. The normalized spacial score (nSPS) is 36.3. The van der Waals surface area contributed by atoms with Crippen LogP contribution in [-0.2, 0) is 0 Å². The third-order valence-corrected chi connectivity index (χ3v) is 5.42. The van der Waals surface area contributed by atoms with Crippen molar-refractivity contribution in [1.29, 1.82) is 0 Å². The van der Waals surface area contributed by atoms with Gasteiger partial charge in [-0.25, -0.2) is 0 Å². The molecule has 0 aromatic rings. The van der Waals surface area contributed by atoms with E-state index in [1.807, 2.05) is 0 Å². The van der Waals surface area contributed by atoms with Crippen molar-refractivity contribution in [2.24, 2.45) is 16.6 Å². The highest BCUT2D eigenvalue weighted by atomic mass is 15.2. The molecule has 0 aliphatic carbocycles. The van der Waals surface area contributed by atoms with Crippen molar-refractivity contribution in [2.45, 2.75) is 91.8 Å². The molecule has 1 rings (SSSR count). The van der Waals surface area contributed by atoms with Crippen LogP contribution in [0.1, 0.15) is 73.6 Å². The first-order valence-electron chi connectivity index (χ1n) is 8.10. The van der Waals surface area contributed by atoms with Crippen molar-refractivity contribution in [3.8, 4) is 0 Å². The maximum atomic E-state index is 6.56. The Hall–Kier alpha value is -0.0800. The molecule has 0 aromatic heterocycles. The van der Waals surface area contributed by atoms with Crippen molar-refractivity contribution in [3.63, 3.8) is 0 Å². The molecule has 1 aliphatic heterocycles. The number of rotatable bonds is 2. The molecular formula is C17H36N2. The van der Waals surface area contributed by atoms with Crippen LogP contribution in [0.4, 0.5) is 0 Å². The van der Waals surface area contributed by atoms with E-state index in [2.05, 4.69) is 53.5 Å². The molecule has 0 bridgehead atoms. The number of hydrogen-bond acceptors (Lipinski definition) is 2. The lowest BCUT2D eigenvalue weighted by molar-refractivity contribution is 0.107. The summed E-state index contributed by atoms with van der Waals surface area (Å²) < 4.78 is 0. The minimum Gasteiger partial charge on any atom is -0.327 e. The Labute approximate surface area is 121 Å². The van der Waals surface area contributed by atoms with Crippen molar-refractivity contribution in [3.05, 3.63) is 0 Å². The van der Waals surface area contributed by atoms with E-state index in [9.17, 15) is 0 Å². The fourth-order valence-corrected chi connectivity index (χ4v) is 3.80. The smallest absolute Gasteiger partial charge is 0.00981 e. The fraction of sp³-hybridized carbons (Fsp3) is 1.00. The van der Waals surface area contributed by atoms with Crippen LogP contribution in [0, 0.1) is 10.8 Å². The molecule has 1 heterocycles. The van der Waals surface area contributed by atoms with Crippen LogP contribution in [0.2, 0.25) is 0 Å². The molecule has 1 aliphatic rings.